The van der Waals surface area contributed by atoms with Crippen LogP contribution in [0.2, 0.25) is 0 Å². The predicted molar refractivity (Wildman–Crippen MR) is 104 cm³/mol. The van der Waals surface area contributed by atoms with Crippen LogP contribution in [0.25, 0.3) is 0 Å². The first kappa shape index (κ1) is 16.3. The first-order chi connectivity index (χ1) is 12.1. The monoisotopic (exact) mass is 450 g/mol. The summed E-state index contributed by atoms with van der Waals surface area (Å²) in [5.41, 5.74) is 0.879. The number of aryl methyl sites for hydroxylation is 1. The van der Waals surface area contributed by atoms with E-state index < -0.39 is 0 Å². The van der Waals surface area contributed by atoms with Crippen LogP contribution in [-0.2, 0) is 6.54 Å². The Morgan fingerprint density at radius 2 is 2.16 bits per heavy atom. The summed E-state index contributed by atoms with van der Waals surface area (Å²) < 4.78 is 4.93. The summed E-state index contributed by atoms with van der Waals surface area (Å²) in [6.07, 6.45) is 6.56. The van der Waals surface area contributed by atoms with Crippen molar-refractivity contribution in [3.05, 3.63) is 34.4 Å². The third kappa shape index (κ3) is 3.32. The normalized spacial score (nSPS) is 14.0. The number of nitrogens with one attached hydrogen (secondary N) is 1. The first-order valence-electron chi connectivity index (χ1n) is 8.25. The maximum Gasteiger partial charge on any atom is 0.229 e. The summed E-state index contributed by atoms with van der Waals surface area (Å²) in [5.74, 6) is 2.51. The van der Waals surface area contributed by atoms with Crippen molar-refractivity contribution in [2.24, 2.45) is 0 Å². The van der Waals surface area contributed by atoms with Gasteiger partial charge < -0.3 is 10.2 Å². The van der Waals surface area contributed by atoms with Crippen LogP contribution in [0.4, 0.5) is 23.3 Å². The number of halogens is 1. The SMILES string of the molecule is CC(C)n1cc(Nc2nccc(N3CCCn4nc(I)cc43)n2)cn1. The van der Waals surface area contributed by atoms with Gasteiger partial charge in [0.15, 0.2) is 0 Å². The molecular weight excluding hydrogens is 431 g/mol. The maximum absolute atomic E-state index is 4.68. The molecule has 0 radical (unpaired) electrons. The lowest BCUT2D eigenvalue weighted by Gasteiger charge is -2.28. The third-order valence-corrected chi connectivity index (χ3v) is 4.59. The van der Waals surface area contributed by atoms with Gasteiger partial charge in [-0.15, -0.1) is 0 Å². The number of fused-ring (bicyclic) bond motifs is 1. The lowest BCUT2D eigenvalue weighted by Crippen LogP contribution is -2.28. The molecule has 4 heterocycles. The van der Waals surface area contributed by atoms with Crippen molar-refractivity contribution in [1.82, 2.24) is 29.5 Å². The van der Waals surface area contributed by atoms with Crippen LogP contribution >= 0.6 is 22.6 Å². The van der Waals surface area contributed by atoms with Crippen LogP contribution in [0.15, 0.2) is 30.7 Å². The maximum atomic E-state index is 4.68. The molecule has 0 saturated heterocycles. The van der Waals surface area contributed by atoms with E-state index in [1.165, 1.54) is 0 Å². The van der Waals surface area contributed by atoms with E-state index in [1.807, 2.05) is 21.6 Å². The van der Waals surface area contributed by atoms with Gasteiger partial charge in [0.25, 0.3) is 0 Å². The molecule has 0 bridgehead atoms. The van der Waals surface area contributed by atoms with Crippen molar-refractivity contribution in [1.29, 1.82) is 0 Å². The summed E-state index contributed by atoms with van der Waals surface area (Å²) >= 11 is 2.25. The first-order valence-corrected chi connectivity index (χ1v) is 9.33. The number of hydrogen-bond donors (Lipinski definition) is 1. The van der Waals surface area contributed by atoms with Gasteiger partial charge in [0.2, 0.25) is 5.95 Å². The zero-order valence-electron chi connectivity index (χ0n) is 14.1. The Morgan fingerprint density at radius 3 is 2.96 bits per heavy atom. The highest BCUT2D eigenvalue weighted by Crippen LogP contribution is 2.29. The minimum Gasteiger partial charge on any atom is -0.321 e. The van der Waals surface area contributed by atoms with E-state index in [9.17, 15) is 0 Å². The molecule has 9 heteroatoms. The van der Waals surface area contributed by atoms with Gasteiger partial charge in [-0.05, 0) is 48.9 Å². The molecular formula is C16H19IN8. The molecule has 1 N–H and O–H groups in total. The third-order valence-electron chi connectivity index (χ3n) is 4.06. The van der Waals surface area contributed by atoms with Gasteiger partial charge in [-0.3, -0.25) is 4.68 Å². The molecule has 0 atom stereocenters. The van der Waals surface area contributed by atoms with Gasteiger partial charge >= 0.3 is 0 Å². The van der Waals surface area contributed by atoms with Crippen molar-refractivity contribution >= 4 is 45.9 Å². The van der Waals surface area contributed by atoms with Crippen molar-refractivity contribution in [2.45, 2.75) is 32.9 Å². The second-order valence-corrected chi connectivity index (χ2v) is 7.33. The summed E-state index contributed by atoms with van der Waals surface area (Å²) in [6, 6.07) is 4.33. The minimum absolute atomic E-state index is 0.318. The molecule has 0 fully saturated rings. The lowest BCUT2D eigenvalue weighted by atomic mass is 10.3. The van der Waals surface area contributed by atoms with Gasteiger partial charge in [0.05, 0.1) is 11.9 Å². The molecule has 8 nitrogen and oxygen atoms in total. The number of nitrogens with zero attached hydrogens (tertiary/aromatic N) is 7. The van der Waals surface area contributed by atoms with Gasteiger partial charge in [0.1, 0.15) is 15.3 Å². The van der Waals surface area contributed by atoms with Crippen molar-refractivity contribution in [3.8, 4) is 0 Å². The second kappa shape index (κ2) is 6.62. The van der Waals surface area contributed by atoms with E-state index in [1.54, 1.807) is 12.4 Å². The van der Waals surface area contributed by atoms with Gasteiger partial charge in [-0.1, -0.05) is 0 Å². The van der Waals surface area contributed by atoms with Gasteiger partial charge in [-0.2, -0.15) is 15.2 Å². The quantitative estimate of drug-likeness (QED) is 0.615. The predicted octanol–water partition coefficient (Wildman–Crippen LogP) is 3.34. The Labute approximate surface area is 159 Å². The highest BCUT2D eigenvalue weighted by atomic mass is 127. The molecule has 0 spiro atoms. The van der Waals surface area contributed by atoms with E-state index in [0.717, 1.165) is 40.5 Å². The fraction of sp³-hybridized carbons (Fsp3) is 0.375. The Kier molecular flexibility index (Phi) is 4.32. The molecule has 130 valence electrons. The number of anilines is 4. The molecule has 1 aliphatic heterocycles. The molecule has 0 saturated carbocycles. The zero-order chi connectivity index (χ0) is 17.4. The zero-order valence-corrected chi connectivity index (χ0v) is 16.3. The summed E-state index contributed by atoms with van der Waals surface area (Å²) in [6.45, 7) is 6.05. The molecule has 4 rings (SSSR count). The Hall–Kier alpha value is -2.17. The fourth-order valence-electron chi connectivity index (χ4n) is 2.86. The molecule has 25 heavy (non-hydrogen) atoms. The van der Waals surface area contributed by atoms with Crippen molar-refractivity contribution in [3.63, 3.8) is 0 Å². The van der Waals surface area contributed by atoms with Crippen molar-refractivity contribution < 1.29 is 0 Å². The Morgan fingerprint density at radius 1 is 1.28 bits per heavy atom. The number of rotatable bonds is 4. The molecule has 0 amide bonds. The molecule has 3 aromatic rings. The average molecular weight is 450 g/mol. The van der Waals surface area contributed by atoms with Gasteiger partial charge in [-0.25, -0.2) is 9.67 Å². The van der Waals surface area contributed by atoms with Crippen LogP contribution in [0.3, 0.4) is 0 Å². The molecule has 1 aliphatic rings. The van der Waals surface area contributed by atoms with E-state index >= 15 is 0 Å². The summed E-state index contributed by atoms with van der Waals surface area (Å²) in [4.78, 5) is 11.2. The van der Waals surface area contributed by atoms with E-state index in [-0.39, 0.29) is 0 Å². The van der Waals surface area contributed by atoms with Crippen LogP contribution in [0.1, 0.15) is 26.3 Å². The fourth-order valence-corrected chi connectivity index (χ4v) is 3.40. The Balaban J connectivity index is 1.59. The average Bonchev–Trinajstić information content (AvgIpc) is 3.20. The molecule has 0 aliphatic carbocycles. The minimum atomic E-state index is 0.318. The van der Waals surface area contributed by atoms with Crippen molar-refractivity contribution in [2.75, 3.05) is 16.8 Å². The van der Waals surface area contributed by atoms with Crippen LogP contribution in [-0.4, -0.2) is 36.1 Å². The highest BCUT2D eigenvalue weighted by molar-refractivity contribution is 14.1. The lowest BCUT2D eigenvalue weighted by molar-refractivity contribution is 0.532. The number of hydrogen-bond acceptors (Lipinski definition) is 6. The van der Waals surface area contributed by atoms with Gasteiger partial charge in [0, 0.05) is 37.6 Å². The second-order valence-electron chi connectivity index (χ2n) is 6.22. The largest absolute Gasteiger partial charge is 0.321 e. The highest BCUT2D eigenvalue weighted by Gasteiger charge is 2.21. The van der Waals surface area contributed by atoms with Crippen LogP contribution < -0.4 is 10.2 Å². The van der Waals surface area contributed by atoms with E-state index in [2.05, 4.69) is 72.9 Å². The molecule has 3 aromatic heterocycles. The summed E-state index contributed by atoms with van der Waals surface area (Å²) in [7, 11) is 0. The standard InChI is InChI=1S/C16H19IN8/c1-11(2)25-10-12(9-19-25)20-16-18-5-4-14(21-16)23-6-3-7-24-15(23)8-13(17)22-24/h4-5,8-11H,3,6-7H2,1-2H3,(H,18,20,21). The van der Waals surface area contributed by atoms with E-state index in [0.29, 0.717) is 12.0 Å². The number of aromatic nitrogens is 6. The Bertz CT molecular complexity index is 884. The smallest absolute Gasteiger partial charge is 0.229 e. The molecule has 0 unspecified atom stereocenters. The van der Waals surface area contributed by atoms with Crippen LogP contribution in [0.5, 0.6) is 0 Å². The topological polar surface area (TPSA) is 76.7 Å². The molecule has 0 aromatic carbocycles. The summed E-state index contributed by atoms with van der Waals surface area (Å²) in [5, 5.41) is 12.1. The van der Waals surface area contributed by atoms with E-state index in [4.69, 9.17) is 0 Å². The van der Waals surface area contributed by atoms with Crippen LogP contribution in [0, 0.1) is 3.70 Å².